The molecule has 4 saturated carbocycles. The number of hydrogen-bond acceptors (Lipinski definition) is 2. The molecule has 168 valence electrons. The van der Waals surface area contributed by atoms with Crippen molar-refractivity contribution in [3.63, 3.8) is 0 Å². The summed E-state index contributed by atoms with van der Waals surface area (Å²) >= 11 is 0. The fourth-order valence-electron chi connectivity index (χ4n) is 8.92. The van der Waals surface area contributed by atoms with Gasteiger partial charge in [-0.05, 0) is 131 Å². The molecule has 2 N–H and O–H groups in total. The van der Waals surface area contributed by atoms with Gasteiger partial charge in [-0.15, -0.1) is 0 Å². The second kappa shape index (κ2) is 7.51. The lowest BCUT2D eigenvalue weighted by atomic mass is 9.44. The van der Waals surface area contributed by atoms with Gasteiger partial charge in [0.2, 0.25) is 0 Å². The van der Waals surface area contributed by atoms with Gasteiger partial charge in [0.15, 0.2) is 0 Å². The number of rotatable bonds is 5. The summed E-state index contributed by atoms with van der Waals surface area (Å²) < 4.78 is 0. The number of fused-ring (bicyclic) bond motifs is 5. The van der Waals surface area contributed by atoms with Crippen LogP contribution in [0.2, 0.25) is 0 Å². The van der Waals surface area contributed by atoms with Crippen molar-refractivity contribution in [3.8, 4) is 0 Å². The zero-order chi connectivity index (χ0) is 21.1. The lowest BCUT2D eigenvalue weighted by Gasteiger charge is -2.62. The molecule has 4 unspecified atom stereocenters. The van der Waals surface area contributed by atoms with Crippen LogP contribution in [-0.4, -0.2) is 21.4 Å². The van der Waals surface area contributed by atoms with E-state index in [0.717, 1.165) is 55.3 Å². The van der Waals surface area contributed by atoms with Gasteiger partial charge in [0.05, 0.1) is 11.2 Å². The summed E-state index contributed by atoms with van der Waals surface area (Å²) in [6.45, 7) is 11.4. The maximum atomic E-state index is 10.7. The molecule has 4 aliphatic rings. The number of hydrogen-bond donors (Lipinski definition) is 2. The minimum atomic E-state index is -0.467. The van der Waals surface area contributed by atoms with E-state index in [2.05, 4.69) is 27.7 Å². The molecule has 9 atom stereocenters. The first-order chi connectivity index (χ1) is 13.5. The Labute approximate surface area is 180 Å². The Morgan fingerprint density at radius 2 is 1.62 bits per heavy atom. The van der Waals surface area contributed by atoms with Crippen LogP contribution in [-0.2, 0) is 0 Å². The van der Waals surface area contributed by atoms with Gasteiger partial charge >= 0.3 is 0 Å². The fourth-order valence-corrected chi connectivity index (χ4v) is 8.92. The smallest absolute Gasteiger partial charge is 0.0622 e. The molecule has 0 radical (unpaired) electrons. The summed E-state index contributed by atoms with van der Waals surface area (Å²) in [6.07, 6.45) is 16.1. The van der Waals surface area contributed by atoms with Crippen molar-refractivity contribution in [3.05, 3.63) is 0 Å². The molecule has 2 nitrogen and oxygen atoms in total. The van der Waals surface area contributed by atoms with Crippen LogP contribution in [0.15, 0.2) is 0 Å². The highest BCUT2D eigenvalue weighted by Crippen LogP contribution is 2.68. The third kappa shape index (κ3) is 3.84. The van der Waals surface area contributed by atoms with Gasteiger partial charge in [-0.25, -0.2) is 0 Å². The van der Waals surface area contributed by atoms with Crippen LogP contribution in [0.3, 0.4) is 0 Å². The fraction of sp³-hybridized carbons (Fsp3) is 1.00. The largest absolute Gasteiger partial charge is 0.390 e. The Morgan fingerprint density at radius 1 is 0.897 bits per heavy atom. The first kappa shape index (κ1) is 22.1. The topological polar surface area (TPSA) is 40.5 Å². The van der Waals surface area contributed by atoms with E-state index < -0.39 is 11.2 Å². The molecular formula is C27H48O2. The van der Waals surface area contributed by atoms with Gasteiger partial charge in [0.1, 0.15) is 0 Å². The van der Waals surface area contributed by atoms with E-state index in [1.54, 1.807) is 0 Å². The second-order valence-corrected chi connectivity index (χ2v) is 12.9. The summed E-state index contributed by atoms with van der Waals surface area (Å²) in [6, 6.07) is 0. The molecule has 0 aromatic carbocycles. The van der Waals surface area contributed by atoms with Crippen molar-refractivity contribution in [1.82, 2.24) is 0 Å². The van der Waals surface area contributed by atoms with Crippen LogP contribution in [0.1, 0.15) is 118 Å². The molecule has 4 fully saturated rings. The molecule has 4 aliphatic carbocycles. The summed E-state index contributed by atoms with van der Waals surface area (Å²) in [7, 11) is 0. The third-order valence-electron chi connectivity index (χ3n) is 11.2. The van der Waals surface area contributed by atoms with Gasteiger partial charge in [-0.1, -0.05) is 27.2 Å². The van der Waals surface area contributed by atoms with Crippen molar-refractivity contribution in [2.45, 2.75) is 129 Å². The normalized spacial score (nSPS) is 51.6. The molecule has 4 rings (SSSR count). The highest BCUT2D eigenvalue weighted by molar-refractivity contribution is 5.10. The SMILES string of the molecule is CCC(C)(O)CCC[C@H]1CCC2[C@@H]3CCC4C[C@@](C)(O)CC[C@]4(C)C3CC[C@@]21C. The Kier molecular flexibility index (Phi) is 5.73. The molecule has 0 aromatic heterocycles. The van der Waals surface area contributed by atoms with Crippen molar-refractivity contribution in [2.24, 2.45) is 40.4 Å². The van der Waals surface area contributed by atoms with Gasteiger partial charge in [0, 0.05) is 0 Å². The second-order valence-electron chi connectivity index (χ2n) is 12.9. The molecule has 0 heterocycles. The predicted octanol–water partition coefficient (Wildman–Crippen LogP) is 6.73. The lowest BCUT2D eigenvalue weighted by Crippen LogP contribution is -2.55. The maximum Gasteiger partial charge on any atom is 0.0622 e. The first-order valence-corrected chi connectivity index (χ1v) is 13.0. The summed E-state index contributed by atoms with van der Waals surface area (Å²) in [5.41, 5.74) is 0.136. The highest BCUT2D eigenvalue weighted by Gasteiger charge is 2.60. The molecule has 2 heteroatoms. The molecular weight excluding hydrogens is 356 g/mol. The Balaban J connectivity index is 1.44. The minimum Gasteiger partial charge on any atom is -0.390 e. The summed E-state index contributed by atoms with van der Waals surface area (Å²) in [4.78, 5) is 0. The minimum absolute atomic E-state index is 0.418. The van der Waals surface area contributed by atoms with Gasteiger partial charge in [0.25, 0.3) is 0 Å². The zero-order valence-electron chi connectivity index (χ0n) is 20.0. The van der Waals surface area contributed by atoms with Gasteiger partial charge in [-0.2, -0.15) is 0 Å². The van der Waals surface area contributed by atoms with E-state index in [9.17, 15) is 10.2 Å². The van der Waals surface area contributed by atoms with Crippen LogP contribution < -0.4 is 0 Å². The Bertz CT molecular complexity index is 595. The van der Waals surface area contributed by atoms with E-state index in [1.165, 1.54) is 57.8 Å². The maximum absolute atomic E-state index is 10.7. The Morgan fingerprint density at radius 3 is 2.34 bits per heavy atom. The van der Waals surface area contributed by atoms with Crippen molar-refractivity contribution in [2.75, 3.05) is 0 Å². The average molecular weight is 405 g/mol. The van der Waals surface area contributed by atoms with E-state index in [4.69, 9.17) is 0 Å². The molecule has 0 saturated heterocycles. The standard InChI is InChI=1S/C27H48O2/c1-6-24(2,28)14-7-8-19-10-12-22-21-11-9-20-18-25(3,29)16-17-27(20,5)23(21)13-15-26(19,22)4/h19-23,28-29H,6-18H2,1-5H3/t19-,20?,21-,22?,23?,24?,25-,26+,27-/m0/s1. The first-order valence-electron chi connectivity index (χ1n) is 13.0. The van der Waals surface area contributed by atoms with Gasteiger partial charge < -0.3 is 10.2 Å². The number of aliphatic hydroxyl groups is 2. The monoisotopic (exact) mass is 404 g/mol. The van der Waals surface area contributed by atoms with E-state index >= 15 is 0 Å². The lowest BCUT2D eigenvalue weighted by molar-refractivity contribution is -0.146. The molecule has 0 aromatic rings. The molecule has 0 bridgehead atoms. The van der Waals surface area contributed by atoms with Crippen LogP contribution in [0, 0.1) is 40.4 Å². The van der Waals surface area contributed by atoms with Crippen molar-refractivity contribution in [1.29, 1.82) is 0 Å². The Hall–Kier alpha value is -0.0800. The summed E-state index contributed by atoms with van der Waals surface area (Å²) in [5, 5.41) is 21.1. The van der Waals surface area contributed by atoms with E-state index in [-0.39, 0.29) is 0 Å². The zero-order valence-corrected chi connectivity index (χ0v) is 20.0. The van der Waals surface area contributed by atoms with Crippen LogP contribution in [0.4, 0.5) is 0 Å². The van der Waals surface area contributed by atoms with Gasteiger partial charge in [-0.3, -0.25) is 0 Å². The molecule has 0 spiro atoms. The van der Waals surface area contributed by atoms with Crippen LogP contribution in [0.5, 0.6) is 0 Å². The van der Waals surface area contributed by atoms with Crippen molar-refractivity contribution < 1.29 is 10.2 Å². The molecule has 0 amide bonds. The van der Waals surface area contributed by atoms with E-state index in [0.29, 0.717) is 10.8 Å². The molecule has 0 aliphatic heterocycles. The highest BCUT2D eigenvalue weighted by atomic mass is 16.3. The van der Waals surface area contributed by atoms with E-state index in [1.807, 2.05) is 6.92 Å². The van der Waals surface area contributed by atoms with Crippen LogP contribution >= 0.6 is 0 Å². The van der Waals surface area contributed by atoms with Crippen LogP contribution in [0.25, 0.3) is 0 Å². The quantitative estimate of drug-likeness (QED) is 0.533. The predicted molar refractivity (Wildman–Crippen MR) is 121 cm³/mol. The van der Waals surface area contributed by atoms with Crippen molar-refractivity contribution >= 4 is 0 Å². The third-order valence-corrected chi connectivity index (χ3v) is 11.2. The molecule has 29 heavy (non-hydrogen) atoms. The summed E-state index contributed by atoms with van der Waals surface area (Å²) in [5.74, 6) is 4.37. The average Bonchev–Trinajstić information content (AvgIpc) is 2.99.